The maximum absolute atomic E-state index is 11.9. The van der Waals surface area contributed by atoms with Gasteiger partial charge in [-0.25, -0.2) is 5.43 Å². The van der Waals surface area contributed by atoms with Crippen LogP contribution in [-0.2, 0) is 0 Å². The molecule has 4 nitrogen and oxygen atoms in total. The van der Waals surface area contributed by atoms with Crippen molar-refractivity contribution in [2.24, 2.45) is 5.10 Å². The minimum atomic E-state index is -0.348. The Morgan fingerprint density at radius 1 is 1.20 bits per heavy atom. The number of hydrogen-bond donors (Lipinski definition) is 2. The number of hydrazone groups is 1. The van der Waals surface area contributed by atoms with Crippen LogP contribution < -0.4 is 11.2 Å². The van der Waals surface area contributed by atoms with Gasteiger partial charge in [-0.2, -0.15) is 5.10 Å². The lowest BCUT2D eigenvalue weighted by Crippen LogP contribution is -2.19. The predicted octanol–water partition coefficient (Wildman–Crippen LogP) is 3.08. The summed E-state index contributed by atoms with van der Waals surface area (Å²) in [4.78, 5) is 11.9. The Morgan fingerprint density at radius 3 is 2.65 bits per heavy atom. The van der Waals surface area contributed by atoms with Crippen molar-refractivity contribution >= 4 is 28.9 Å². The molecule has 102 valence electrons. The van der Waals surface area contributed by atoms with Crippen LogP contribution in [0.2, 0.25) is 5.02 Å². The van der Waals surface area contributed by atoms with Crippen LogP contribution in [0.15, 0.2) is 53.6 Å². The van der Waals surface area contributed by atoms with E-state index in [9.17, 15) is 4.79 Å². The maximum atomic E-state index is 11.9. The van der Waals surface area contributed by atoms with Crippen LogP contribution >= 0.6 is 11.6 Å². The number of carbonyl (C=O) groups excluding carboxylic acids is 1. The van der Waals surface area contributed by atoms with E-state index in [4.69, 9.17) is 17.3 Å². The second kappa shape index (κ2) is 6.21. The van der Waals surface area contributed by atoms with Crippen LogP contribution in [0, 0.1) is 0 Å². The fourth-order valence-electron chi connectivity index (χ4n) is 1.67. The molecule has 5 heteroatoms. The third-order valence-corrected chi connectivity index (χ3v) is 3.08. The number of nitrogens with two attached hydrogens (primary N) is 1. The minimum absolute atomic E-state index is 0.348. The van der Waals surface area contributed by atoms with Crippen molar-refractivity contribution in [3.63, 3.8) is 0 Å². The number of benzene rings is 2. The van der Waals surface area contributed by atoms with E-state index in [1.165, 1.54) is 0 Å². The van der Waals surface area contributed by atoms with E-state index in [0.717, 1.165) is 5.56 Å². The summed E-state index contributed by atoms with van der Waals surface area (Å²) >= 11 is 5.95. The number of hydrogen-bond acceptors (Lipinski definition) is 3. The zero-order valence-corrected chi connectivity index (χ0v) is 11.7. The van der Waals surface area contributed by atoms with Crippen LogP contribution in [-0.4, -0.2) is 11.6 Å². The smallest absolute Gasteiger partial charge is 0.272 e. The van der Waals surface area contributed by atoms with Gasteiger partial charge in [-0.3, -0.25) is 4.79 Å². The second-order valence-corrected chi connectivity index (χ2v) is 4.65. The largest absolute Gasteiger partial charge is 0.399 e. The Morgan fingerprint density at radius 2 is 1.95 bits per heavy atom. The standard InChI is InChI=1S/C15H14ClN3O/c1-10(11-5-4-6-12(17)9-11)18-19-15(20)13-7-2-3-8-14(13)16/h2-9H,17H2,1H3,(H,19,20)/b18-10-. The average molecular weight is 288 g/mol. The van der Waals surface area contributed by atoms with Crippen molar-refractivity contribution in [2.75, 3.05) is 5.73 Å². The van der Waals surface area contributed by atoms with E-state index >= 15 is 0 Å². The van der Waals surface area contributed by atoms with Gasteiger partial charge in [0.25, 0.3) is 5.91 Å². The van der Waals surface area contributed by atoms with Gasteiger partial charge >= 0.3 is 0 Å². The molecule has 0 saturated carbocycles. The van der Waals surface area contributed by atoms with Gasteiger partial charge in [0.2, 0.25) is 0 Å². The van der Waals surface area contributed by atoms with Gasteiger partial charge in [0.05, 0.1) is 16.3 Å². The fourth-order valence-corrected chi connectivity index (χ4v) is 1.89. The van der Waals surface area contributed by atoms with E-state index in [2.05, 4.69) is 10.5 Å². The molecule has 3 N–H and O–H groups in total. The Hall–Kier alpha value is -2.33. The third-order valence-electron chi connectivity index (χ3n) is 2.75. The van der Waals surface area contributed by atoms with E-state index in [0.29, 0.717) is 22.0 Å². The molecule has 0 aliphatic carbocycles. The van der Waals surface area contributed by atoms with Crippen LogP contribution in [0.4, 0.5) is 5.69 Å². The van der Waals surface area contributed by atoms with Crippen molar-refractivity contribution in [3.8, 4) is 0 Å². The summed E-state index contributed by atoms with van der Waals surface area (Å²) < 4.78 is 0. The molecule has 0 aliphatic heterocycles. The molecule has 0 aliphatic rings. The molecule has 1 amide bonds. The molecular weight excluding hydrogens is 274 g/mol. The molecule has 0 fully saturated rings. The lowest BCUT2D eigenvalue weighted by Gasteiger charge is -2.05. The number of nitrogen functional groups attached to an aromatic ring is 1. The van der Waals surface area contributed by atoms with Gasteiger partial charge in [0, 0.05) is 5.69 Å². The van der Waals surface area contributed by atoms with Gasteiger partial charge in [0.1, 0.15) is 0 Å². The lowest BCUT2D eigenvalue weighted by atomic mass is 10.1. The summed E-state index contributed by atoms with van der Waals surface area (Å²) in [7, 11) is 0. The molecule has 0 saturated heterocycles. The first-order chi connectivity index (χ1) is 9.58. The third kappa shape index (κ3) is 3.36. The molecule has 0 heterocycles. The number of halogens is 1. The van der Waals surface area contributed by atoms with Crippen LogP contribution in [0.25, 0.3) is 0 Å². The second-order valence-electron chi connectivity index (χ2n) is 4.24. The lowest BCUT2D eigenvalue weighted by molar-refractivity contribution is 0.0955. The van der Waals surface area contributed by atoms with Gasteiger partial charge in [-0.1, -0.05) is 35.9 Å². The van der Waals surface area contributed by atoms with Gasteiger partial charge < -0.3 is 5.73 Å². The Bertz CT molecular complexity index is 668. The molecule has 0 spiro atoms. The average Bonchev–Trinajstić information content (AvgIpc) is 2.45. The van der Waals surface area contributed by atoms with Gasteiger partial charge in [0.15, 0.2) is 0 Å². The molecule has 2 rings (SSSR count). The minimum Gasteiger partial charge on any atom is -0.399 e. The molecular formula is C15H14ClN3O. The van der Waals surface area contributed by atoms with E-state index in [-0.39, 0.29) is 5.91 Å². The Balaban J connectivity index is 2.13. The summed E-state index contributed by atoms with van der Waals surface area (Å²) in [6.07, 6.45) is 0. The fraction of sp³-hybridized carbons (Fsp3) is 0.0667. The van der Waals surface area contributed by atoms with Crippen molar-refractivity contribution in [3.05, 3.63) is 64.7 Å². The Labute approximate surface area is 122 Å². The molecule has 0 atom stereocenters. The molecule has 20 heavy (non-hydrogen) atoms. The Kier molecular flexibility index (Phi) is 4.38. The first-order valence-electron chi connectivity index (χ1n) is 6.03. The van der Waals surface area contributed by atoms with Crippen LogP contribution in [0.1, 0.15) is 22.8 Å². The number of nitrogens with zero attached hydrogens (tertiary/aromatic N) is 1. The first kappa shape index (κ1) is 14.1. The van der Waals surface area contributed by atoms with E-state index < -0.39 is 0 Å². The molecule has 0 bridgehead atoms. The van der Waals surface area contributed by atoms with Crippen LogP contribution in [0.3, 0.4) is 0 Å². The topological polar surface area (TPSA) is 67.5 Å². The molecule has 0 radical (unpaired) electrons. The SMILES string of the molecule is C/C(=N/NC(=O)c1ccccc1Cl)c1cccc(N)c1. The number of amides is 1. The van der Waals surface area contributed by atoms with Crippen molar-refractivity contribution in [1.82, 2.24) is 5.43 Å². The normalized spacial score (nSPS) is 11.2. The van der Waals surface area contributed by atoms with Gasteiger partial charge in [-0.15, -0.1) is 0 Å². The highest BCUT2D eigenvalue weighted by Crippen LogP contribution is 2.14. The number of rotatable bonds is 3. The molecule has 0 unspecified atom stereocenters. The highest BCUT2D eigenvalue weighted by atomic mass is 35.5. The summed E-state index contributed by atoms with van der Waals surface area (Å²) in [5, 5.41) is 4.45. The maximum Gasteiger partial charge on any atom is 0.272 e. The van der Waals surface area contributed by atoms with Crippen molar-refractivity contribution < 1.29 is 4.79 Å². The molecule has 0 aromatic heterocycles. The summed E-state index contributed by atoms with van der Waals surface area (Å²) in [5.41, 5.74) is 10.7. The summed E-state index contributed by atoms with van der Waals surface area (Å²) in [5.74, 6) is -0.348. The molecule has 2 aromatic rings. The highest BCUT2D eigenvalue weighted by molar-refractivity contribution is 6.33. The van der Waals surface area contributed by atoms with Crippen molar-refractivity contribution in [2.45, 2.75) is 6.92 Å². The van der Waals surface area contributed by atoms with Crippen LogP contribution in [0.5, 0.6) is 0 Å². The summed E-state index contributed by atoms with van der Waals surface area (Å²) in [6, 6.07) is 14.1. The zero-order valence-electron chi connectivity index (χ0n) is 10.9. The predicted molar refractivity (Wildman–Crippen MR) is 82.0 cm³/mol. The quantitative estimate of drug-likeness (QED) is 0.517. The number of nitrogens with one attached hydrogen (secondary N) is 1. The number of anilines is 1. The monoisotopic (exact) mass is 287 g/mol. The van der Waals surface area contributed by atoms with Crippen molar-refractivity contribution in [1.29, 1.82) is 0 Å². The molecule has 2 aromatic carbocycles. The summed E-state index contributed by atoms with van der Waals surface area (Å²) in [6.45, 7) is 1.79. The number of carbonyl (C=O) groups is 1. The van der Waals surface area contributed by atoms with E-state index in [1.54, 1.807) is 43.3 Å². The zero-order chi connectivity index (χ0) is 14.5. The van der Waals surface area contributed by atoms with Gasteiger partial charge in [-0.05, 0) is 36.8 Å². The van der Waals surface area contributed by atoms with E-state index in [1.807, 2.05) is 12.1 Å². The first-order valence-corrected chi connectivity index (χ1v) is 6.41. The highest BCUT2D eigenvalue weighted by Gasteiger charge is 2.08.